The van der Waals surface area contributed by atoms with Crippen LogP contribution in [0.1, 0.15) is 145 Å². The Morgan fingerprint density at radius 1 is 0.536 bits per heavy atom. The number of hydrogen-bond acceptors (Lipinski definition) is 1. The summed E-state index contributed by atoms with van der Waals surface area (Å²) in [5.41, 5.74) is 0.793. The Hall–Kier alpha value is 0.557. The van der Waals surface area contributed by atoms with Gasteiger partial charge in [-0.15, -0.1) is 0 Å². The van der Waals surface area contributed by atoms with Gasteiger partial charge in [0.15, 0.2) is 0 Å². The number of hydrogen-bond donors (Lipinski definition) is 1. The zero-order valence-electron chi connectivity index (χ0n) is 21.6. The Labute approximate surface area is 192 Å². The van der Waals surface area contributed by atoms with Crippen molar-refractivity contribution in [3.8, 4) is 0 Å². The van der Waals surface area contributed by atoms with E-state index in [1.54, 1.807) is 0 Å². The van der Waals surface area contributed by atoms with E-state index in [0.29, 0.717) is 5.41 Å². The SMILES string of the molecule is CCCCCCCCCCNC(C)(C)C(C)(C)C(C)(C)CCCCCCC.[Li]. The van der Waals surface area contributed by atoms with Gasteiger partial charge < -0.3 is 5.32 Å². The minimum Gasteiger partial charge on any atom is -0.311 e. The molecule has 1 nitrogen and oxygen atoms in total. The van der Waals surface area contributed by atoms with E-state index in [4.69, 9.17) is 0 Å². The molecular weight excluding hydrogens is 333 g/mol. The zero-order valence-corrected chi connectivity index (χ0v) is 21.6. The molecule has 0 aliphatic heterocycles. The van der Waals surface area contributed by atoms with Gasteiger partial charge in [0.1, 0.15) is 0 Å². The molecule has 0 saturated heterocycles. The van der Waals surface area contributed by atoms with E-state index in [-0.39, 0.29) is 29.8 Å². The van der Waals surface area contributed by atoms with Crippen molar-refractivity contribution >= 4 is 18.9 Å². The molecule has 0 aromatic rings. The number of nitrogens with one attached hydrogen (secondary N) is 1. The molecule has 1 N–H and O–H groups in total. The summed E-state index contributed by atoms with van der Waals surface area (Å²) in [6.07, 6.45) is 19.5. The summed E-state index contributed by atoms with van der Waals surface area (Å²) < 4.78 is 0. The molecule has 0 heterocycles. The third-order valence-corrected chi connectivity index (χ3v) is 7.76. The first-order valence-electron chi connectivity index (χ1n) is 12.4. The average Bonchev–Trinajstić information content (AvgIpc) is 2.59. The summed E-state index contributed by atoms with van der Waals surface area (Å²) in [7, 11) is 0. The Bertz CT molecular complexity index is 346. The fourth-order valence-electron chi connectivity index (χ4n) is 4.21. The van der Waals surface area contributed by atoms with Crippen molar-refractivity contribution in [1.82, 2.24) is 5.32 Å². The van der Waals surface area contributed by atoms with E-state index in [0.717, 1.165) is 6.54 Å². The van der Waals surface area contributed by atoms with Gasteiger partial charge >= 0.3 is 0 Å². The molecule has 0 saturated carbocycles. The van der Waals surface area contributed by atoms with Crippen molar-refractivity contribution in [2.24, 2.45) is 10.8 Å². The zero-order chi connectivity index (χ0) is 20.8. The van der Waals surface area contributed by atoms with Crippen LogP contribution in [-0.2, 0) is 0 Å². The van der Waals surface area contributed by atoms with Gasteiger partial charge in [-0.2, -0.15) is 0 Å². The smallest absolute Gasteiger partial charge is 0.0181 e. The summed E-state index contributed by atoms with van der Waals surface area (Å²) in [6, 6.07) is 0. The summed E-state index contributed by atoms with van der Waals surface area (Å²) in [4.78, 5) is 0. The van der Waals surface area contributed by atoms with Gasteiger partial charge in [0.25, 0.3) is 0 Å². The van der Waals surface area contributed by atoms with Gasteiger partial charge in [0.05, 0.1) is 0 Å². The fourth-order valence-corrected chi connectivity index (χ4v) is 4.21. The monoisotopic (exact) mass is 388 g/mol. The molecule has 165 valence electrons. The molecule has 0 spiro atoms. The molecule has 0 aromatic heterocycles. The molecule has 1 radical (unpaired) electrons. The van der Waals surface area contributed by atoms with E-state index in [1.807, 2.05) is 0 Å². The average molecular weight is 389 g/mol. The van der Waals surface area contributed by atoms with Gasteiger partial charge in [-0.1, -0.05) is 119 Å². The summed E-state index contributed by atoms with van der Waals surface area (Å²) in [6.45, 7) is 20.6. The van der Waals surface area contributed by atoms with Crippen LogP contribution in [0.15, 0.2) is 0 Å². The van der Waals surface area contributed by atoms with E-state index in [9.17, 15) is 0 Å². The van der Waals surface area contributed by atoms with E-state index < -0.39 is 0 Å². The summed E-state index contributed by atoms with van der Waals surface area (Å²) in [5, 5.41) is 3.93. The Morgan fingerprint density at radius 3 is 1.39 bits per heavy atom. The largest absolute Gasteiger partial charge is 0.311 e. The van der Waals surface area contributed by atoms with Gasteiger partial charge in [0.2, 0.25) is 0 Å². The predicted molar refractivity (Wildman–Crippen MR) is 131 cm³/mol. The molecule has 0 aliphatic rings. The Morgan fingerprint density at radius 2 is 0.929 bits per heavy atom. The second-order valence-electron chi connectivity index (χ2n) is 10.7. The molecule has 0 amide bonds. The topological polar surface area (TPSA) is 12.0 Å². The van der Waals surface area contributed by atoms with Crippen LogP contribution < -0.4 is 5.32 Å². The van der Waals surface area contributed by atoms with Crippen LogP contribution in [0.5, 0.6) is 0 Å². The van der Waals surface area contributed by atoms with Crippen molar-refractivity contribution < 1.29 is 0 Å². The van der Waals surface area contributed by atoms with Crippen LogP contribution in [0, 0.1) is 10.8 Å². The predicted octanol–water partition coefficient (Wildman–Crippen LogP) is 8.53. The number of unbranched alkanes of at least 4 members (excludes halogenated alkanes) is 11. The first kappa shape index (κ1) is 30.7. The summed E-state index contributed by atoms with van der Waals surface area (Å²) in [5.74, 6) is 0. The van der Waals surface area contributed by atoms with E-state index in [2.05, 4.69) is 60.7 Å². The molecule has 28 heavy (non-hydrogen) atoms. The van der Waals surface area contributed by atoms with Crippen LogP contribution in [0.3, 0.4) is 0 Å². The van der Waals surface area contributed by atoms with Crippen molar-refractivity contribution in [3.05, 3.63) is 0 Å². The van der Waals surface area contributed by atoms with Crippen molar-refractivity contribution in [1.29, 1.82) is 0 Å². The third-order valence-electron chi connectivity index (χ3n) is 7.76. The van der Waals surface area contributed by atoms with Gasteiger partial charge in [-0.05, 0) is 44.1 Å². The normalized spacial score (nSPS) is 12.9. The number of rotatable bonds is 18. The van der Waals surface area contributed by atoms with Crippen molar-refractivity contribution in [3.63, 3.8) is 0 Å². The van der Waals surface area contributed by atoms with Crippen LogP contribution in [-0.4, -0.2) is 30.9 Å². The Balaban J connectivity index is 0. The van der Waals surface area contributed by atoms with Crippen LogP contribution >= 0.6 is 0 Å². The maximum Gasteiger partial charge on any atom is 0.0181 e. The quantitative estimate of drug-likeness (QED) is 0.183. The van der Waals surface area contributed by atoms with Gasteiger partial charge in [0, 0.05) is 24.4 Å². The molecule has 0 aliphatic carbocycles. The second-order valence-corrected chi connectivity index (χ2v) is 10.7. The minimum atomic E-state index is 0. The molecular formula is C26H55LiN. The standard InChI is InChI=1S/C26H55N.Li/c1-9-11-13-15-16-17-19-21-23-27-26(7,8)25(5,6)24(3,4)22-20-18-14-12-10-2;/h27H,9-23H2,1-8H3;. The van der Waals surface area contributed by atoms with Crippen LogP contribution in [0.4, 0.5) is 0 Å². The van der Waals surface area contributed by atoms with Crippen molar-refractivity contribution in [2.75, 3.05) is 6.54 Å². The third kappa shape index (κ3) is 11.7. The van der Waals surface area contributed by atoms with Gasteiger partial charge in [-0.25, -0.2) is 0 Å². The van der Waals surface area contributed by atoms with E-state index >= 15 is 0 Å². The molecule has 2 heteroatoms. The molecule has 0 fully saturated rings. The van der Waals surface area contributed by atoms with E-state index in [1.165, 1.54) is 89.9 Å². The molecule has 0 bridgehead atoms. The molecule has 0 unspecified atom stereocenters. The van der Waals surface area contributed by atoms with Crippen LogP contribution in [0.2, 0.25) is 0 Å². The molecule has 0 aromatic carbocycles. The maximum atomic E-state index is 3.93. The molecule has 0 rings (SSSR count). The maximum absolute atomic E-state index is 3.93. The summed E-state index contributed by atoms with van der Waals surface area (Å²) >= 11 is 0. The minimum absolute atomic E-state index is 0. The van der Waals surface area contributed by atoms with Crippen molar-refractivity contribution in [2.45, 2.75) is 151 Å². The van der Waals surface area contributed by atoms with Gasteiger partial charge in [-0.3, -0.25) is 0 Å². The Kier molecular flexibility index (Phi) is 17.9. The fraction of sp³-hybridized carbons (Fsp3) is 1.00. The second kappa shape index (κ2) is 16.3. The first-order valence-corrected chi connectivity index (χ1v) is 12.4. The van der Waals surface area contributed by atoms with Crippen LogP contribution in [0.25, 0.3) is 0 Å². The molecule has 0 atom stereocenters. The first-order chi connectivity index (χ1) is 12.6.